The summed E-state index contributed by atoms with van der Waals surface area (Å²) in [5.74, 6) is -3.11. The van der Waals surface area contributed by atoms with Gasteiger partial charge in [-0.05, 0) is 63.0 Å². The van der Waals surface area contributed by atoms with Crippen LogP contribution in [0.4, 0.5) is 13.2 Å². The first-order valence-corrected chi connectivity index (χ1v) is 13.4. The summed E-state index contributed by atoms with van der Waals surface area (Å²) in [7, 11) is -3.87. The number of nitrogens with one attached hydrogen (secondary N) is 2. The highest BCUT2D eigenvalue weighted by molar-refractivity contribution is 7.89. The molecule has 7 nitrogen and oxygen atoms in total. The minimum Gasteiger partial charge on any atom is -0.348 e. The van der Waals surface area contributed by atoms with Crippen LogP contribution in [0, 0.1) is 23.0 Å². The lowest BCUT2D eigenvalue weighted by Crippen LogP contribution is -2.45. The molecule has 3 atom stereocenters. The fourth-order valence-electron chi connectivity index (χ4n) is 6.28. The van der Waals surface area contributed by atoms with Crippen LogP contribution in [-0.2, 0) is 14.8 Å². The number of carbonyl (C=O) groups is 1. The minimum absolute atomic E-state index is 0.0126. The SMILES string of the molecule is C[C@@H]1[C@@H](C(=O)N[C@H](c2c(F)ccc(Cl)c2F)C23CCC(F)(CC2)C3)CCN1S(=O)(=O)c1cn[nH]c1. The second kappa shape index (κ2) is 8.48. The lowest BCUT2D eigenvalue weighted by atomic mass is 9.74. The van der Waals surface area contributed by atoms with Gasteiger partial charge in [-0.15, -0.1) is 0 Å². The molecule has 2 bridgehead atoms. The Hall–Kier alpha value is -2.11. The number of H-pyrrole nitrogens is 1. The van der Waals surface area contributed by atoms with Crippen molar-refractivity contribution in [2.24, 2.45) is 11.3 Å². The Labute approximate surface area is 206 Å². The average Bonchev–Trinajstić information content (AvgIpc) is 3.59. The molecule has 0 unspecified atom stereocenters. The molecule has 0 radical (unpaired) electrons. The van der Waals surface area contributed by atoms with Gasteiger partial charge >= 0.3 is 0 Å². The highest BCUT2D eigenvalue weighted by atomic mass is 35.5. The number of fused-ring (bicyclic) bond motifs is 2. The van der Waals surface area contributed by atoms with Gasteiger partial charge in [-0.25, -0.2) is 21.6 Å². The predicted octanol–water partition coefficient (Wildman–Crippen LogP) is 4.27. The zero-order chi connectivity index (χ0) is 25.2. The molecule has 1 amide bonds. The van der Waals surface area contributed by atoms with Crippen molar-refractivity contribution >= 4 is 27.5 Å². The first kappa shape index (κ1) is 24.6. The van der Waals surface area contributed by atoms with Gasteiger partial charge in [-0.2, -0.15) is 9.40 Å². The number of benzene rings is 1. The van der Waals surface area contributed by atoms with Crippen LogP contribution in [0.1, 0.15) is 57.1 Å². The molecule has 2 aliphatic carbocycles. The van der Waals surface area contributed by atoms with Gasteiger partial charge in [-0.3, -0.25) is 9.89 Å². The topological polar surface area (TPSA) is 95.2 Å². The van der Waals surface area contributed by atoms with Crippen LogP contribution in [0.3, 0.4) is 0 Å². The molecule has 2 heterocycles. The lowest BCUT2D eigenvalue weighted by Gasteiger charge is -2.38. The Morgan fingerprint density at radius 2 is 2.00 bits per heavy atom. The van der Waals surface area contributed by atoms with Gasteiger partial charge in [0.25, 0.3) is 0 Å². The van der Waals surface area contributed by atoms with Gasteiger partial charge in [0.05, 0.1) is 23.2 Å². The molecular weight excluding hydrogens is 505 g/mol. The number of hydrogen-bond acceptors (Lipinski definition) is 4. The van der Waals surface area contributed by atoms with Crippen LogP contribution < -0.4 is 5.32 Å². The van der Waals surface area contributed by atoms with Gasteiger partial charge in [0.1, 0.15) is 22.2 Å². The Balaban J connectivity index is 1.45. The minimum atomic E-state index is -3.87. The summed E-state index contributed by atoms with van der Waals surface area (Å²) in [6.45, 7) is 1.73. The standard InChI is InChI=1S/C23H26ClF3N4O3S/c1-13-15(4-9-31(13)35(33,34)14-10-28-29-11-14)21(32)30-20(18-17(25)3-2-16(24)19(18)26)22-5-7-23(27,12-22)8-6-22/h2-3,10-11,13,15,20H,4-9,12H2,1H3,(H,28,29)(H,30,32)/t13-,15+,20-,22?,23?/m1/s1. The highest BCUT2D eigenvalue weighted by Gasteiger charge is 2.60. The van der Waals surface area contributed by atoms with Crippen LogP contribution in [0.25, 0.3) is 0 Å². The Morgan fingerprint density at radius 1 is 1.29 bits per heavy atom. The van der Waals surface area contributed by atoms with Crippen molar-refractivity contribution in [2.75, 3.05) is 6.54 Å². The predicted molar refractivity (Wildman–Crippen MR) is 122 cm³/mol. The Kier molecular flexibility index (Phi) is 5.96. The molecule has 12 heteroatoms. The van der Waals surface area contributed by atoms with E-state index in [0.29, 0.717) is 12.8 Å². The molecule has 35 heavy (non-hydrogen) atoms. The number of halogens is 4. The van der Waals surface area contributed by atoms with E-state index in [9.17, 15) is 17.6 Å². The van der Waals surface area contributed by atoms with Crippen molar-refractivity contribution in [1.29, 1.82) is 0 Å². The molecule has 2 saturated carbocycles. The molecule has 2 aromatic rings. The van der Waals surface area contributed by atoms with E-state index in [4.69, 9.17) is 11.6 Å². The first-order valence-electron chi connectivity index (χ1n) is 11.6. The maximum atomic E-state index is 15.1. The lowest BCUT2D eigenvalue weighted by molar-refractivity contribution is -0.127. The van der Waals surface area contributed by atoms with E-state index < -0.39 is 56.7 Å². The van der Waals surface area contributed by atoms with Gasteiger partial charge in [0.2, 0.25) is 15.9 Å². The molecule has 3 fully saturated rings. The smallest absolute Gasteiger partial charge is 0.246 e. The molecule has 1 aromatic heterocycles. The Bertz CT molecular complexity index is 1250. The molecule has 1 saturated heterocycles. The van der Waals surface area contributed by atoms with Crippen molar-refractivity contribution in [3.05, 3.63) is 46.7 Å². The Morgan fingerprint density at radius 3 is 2.60 bits per heavy atom. The number of nitrogens with zero attached hydrogens (tertiary/aromatic N) is 2. The fraction of sp³-hybridized carbons (Fsp3) is 0.565. The monoisotopic (exact) mass is 530 g/mol. The summed E-state index contributed by atoms with van der Waals surface area (Å²) in [5.41, 5.74) is -2.63. The van der Waals surface area contributed by atoms with E-state index in [1.165, 1.54) is 16.7 Å². The molecule has 3 aliphatic rings. The maximum absolute atomic E-state index is 15.1. The van der Waals surface area contributed by atoms with Crippen LogP contribution in [0.2, 0.25) is 5.02 Å². The largest absolute Gasteiger partial charge is 0.348 e. The number of rotatable bonds is 6. The number of hydrogen-bond donors (Lipinski definition) is 2. The van der Waals surface area contributed by atoms with Crippen LogP contribution in [0.15, 0.2) is 29.4 Å². The molecule has 5 rings (SSSR count). The fourth-order valence-corrected chi connectivity index (χ4v) is 8.03. The molecule has 2 N–H and O–H groups in total. The third-order valence-corrected chi connectivity index (χ3v) is 10.4. The number of aromatic nitrogens is 2. The summed E-state index contributed by atoms with van der Waals surface area (Å²) in [5, 5.41) is 8.68. The third-order valence-electron chi connectivity index (χ3n) is 8.19. The average molecular weight is 531 g/mol. The van der Waals surface area contributed by atoms with Crippen LogP contribution in [-0.4, -0.2) is 47.1 Å². The number of aromatic amines is 1. The summed E-state index contributed by atoms with van der Waals surface area (Å²) >= 11 is 5.96. The van der Waals surface area contributed by atoms with Crippen LogP contribution in [0.5, 0.6) is 0 Å². The summed E-state index contributed by atoms with van der Waals surface area (Å²) < 4.78 is 72.4. The van der Waals surface area contributed by atoms with E-state index >= 15 is 8.78 Å². The van der Waals surface area contributed by atoms with E-state index in [2.05, 4.69) is 15.5 Å². The zero-order valence-electron chi connectivity index (χ0n) is 19.0. The van der Waals surface area contributed by atoms with Crippen molar-refractivity contribution in [3.8, 4) is 0 Å². The van der Waals surface area contributed by atoms with Crippen molar-refractivity contribution in [3.63, 3.8) is 0 Å². The summed E-state index contributed by atoms with van der Waals surface area (Å²) in [6.07, 6.45) is 4.06. The van der Waals surface area contributed by atoms with Crippen LogP contribution >= 0.6 is 11.6 Å². The third kappa shape index (κ3) is 3.95. The summed E-state index contributed by atoms with van der Waals surface area (Å²) in [6, 6.07) is 0.322. The van der Waals surface area contributed by atoms with E-state index in [1.807, 2.05) is 0 Å². The second-order valence-electron chi connectivity index (χ2n) is 10.1. The van der Waals surface area contributed by atoms with E-state index in [-0.39, 0.29) is 47.7 Å². The van der Waals surface area contributed by atoms with Crippen molar-refractivity contribution < 1.29 is 26.4 Å². The molecule has 1 aliphatic heterocycles. The van der Waals surface area contributed by atoms with Crippen molar-refractivity contribution in [2.45, 2.75) is 68.1 Å². The molecule has 190 valence electrons. The quantitative estimate of drug-likeness (QED) is 0.545. The van der Waals surface area contributed by atoms with E-state index in [1.54, 1.807) is 6.92 Å². The first-order chi connectivity index (χ1) is 16.5. The number of carbonyl (C=O) groups excluding carboxylic acids is 1. The van der Waals surface area contributed by atoms with Gasteiger partial charge in [0, 0.05) is 24.3 Å². The van der Waals surface area contributed by atoms with Gasteiger partial charge in [0.15, 0.2) is 0 Å². The van der Waals surface area contributed by atoms with Gasteiger partial charge < -0.3 is 5.32 Å². The molecule has 1 aromatic carbocycles. The summed E-state index contributed by atoms with van der Waals surface area (Å²) in [4.78, 5) is 13.5. The zero-order valence-corrected chi connectivity index (χ0v) is 20.6. The van der Waals surface area contributed by atoms with E-state index in [0.717, 1.165) is 12.1 Å². The van der Waals surface area contributed by atoms with Gasteiger partial charge in [-0.1, -0.05) is 11.6 Å². The molecule has 0 spiro atoms. The normalized spacial score (nSPS) is 31.7. The van der Waals surface area contributed by atoms with Crippen molar-refractivity contribution in [1.82, 2.24) is 19.8 Å². The maximum Gasteiger partial charge on any atom is 0.246 e. The highest BCUT2D eigenvalue weighted by Crippen LogP contribution is 2.63. The second-order valence-corrected chi connectivity index (χ2v) is 12.4. The number of alkyl halides is 1. The number of amides is 1. The number of sulfonamides is 1. The molecular formula is C23H26ClF3N4O3S.